The van der Waals surface area contributed by atoms with Crippen LogP contribution in [0.15, 0.2) is 12.3 Å². The summed E-state index contributed by atoms with van der Waals surface area (Å²) in [5.41, 5.74) is 2.27. The smallest absolute Gasteiger partial charge is 0.0710 e. The predicted octanol–water partition coefficient (Wildman–Crippen LogP) is 5.00. The van der Waals surface area contributed by atoms with E-state index < -0.39 is 8.07 Å². The third-order valence-corrected chi connectivity index (χ3v) is 8.12. The largest absolute Gasteiger partial charge is 0.297 e. The van der Waals surface area contributed by atoms with Crippen LogP contribution in [0.25, 0.3) is 0 Å². The Morgan fingerprint density at radius 2 is 1.47 bits per heavy atom. The summed E-state index contributed by atoms with van der Waals surface area (Å²) in [7, 11) is -1.09. The average molecular weight is 280 g/mol. The van der Waals surface area contributed by atoms with E-state index in [1.165, 1.54) is 70.4 Å². The molecule has 0 aliphatic heterocycles. The van der Waals surface area contributed by atoms with Gasteiger partial charge in [0, 0.05) is 12.1 Å². The minimum Gasteiger partial charge on any atom is -0.297 e. The predicted molar refractivity (Wildman–Crippen MR) is 88.3 cm³/mol. The van der Waals surface area contributed by atoms with Gasteiger partial charge in [-0.3, -0.25) is 4.90 Å². The molecule has 0 heterocycles. The van der Waals surface area contributed by atoms with Crippen LogP contribution in [0.3, 0.4) is 0 Å². The zero-order valence-corrected chi connectivity index (χ0v) is 14.2. The number of hydrogen-bond donors (Lipinski definition) is 0. The Hall–Kier alpha value is -0.0831. The molecule has 0 bridgehead atoms. The summed E-state index contributed by atoms with van der Waals surface area (Å²) in [5, 5.41) is 0. The van der Waals surface area contributed by atoms with Gasteiger partial charge in [0.2, 0.25) is 0 Å². The monoisotopic (exact) mass is 279 g/mol. The van der Waals surface area contributed by atoms with Gasteiger partial charge in [0.05, 0.1) is 8.07 Å². The Labute approximate surface area is 121 Å². The fourth-order valence-electron chi connectivity index (χ4n) is 3.95. The van der Waals surface area contributed by atoms with Crippen molar-refractivity contribution in [1.82, 2.24) is 4.90 Å². The minimum absolute atomic E-state index is 0.927. The van der Waals surface area contributed by atoms with Crippen molar-refractivity contribution in [1.29, 1.82) is 0 Å². The third kappa shape index (κ3) is 4.46. The highest BCUT2D eigenvalue weighted by Gasteiger charge is 2.30. The van der Waals surface area contributed by atoms with Gasteiger partial charge in [0.25, 0.3) is 0 Å². The quantitative estimate of drug-likeness (QED) is 0.593. The van der Waals surface area contributed by atoms with Crippen molar-refractivity contribution in [2.45, 2.75) is 89.0 Å². The minimum atomic E-state index is -1.09. The lowest BCUT2D eigenvalue weighted by Crippen LogP contribution is -2.41. The van der Waals surface area contributed by atoms with Gasteiger partial charge in [-0.2, -0.15) is 0 Å². The van der Waals surface area contributed by atoms with Crippen LogP contribution in [-0.4, -0.2) is 31.6 Å². The van der Waals surface area contributed by atoms with Crippen molar-refractivity contribution in [3.63, 3.8) is 0 Å². The number of nitrogens with zero attached hydrogens (tertiary/aromatic N) is 1. The van der Waals surface area contributed by atoms with Crippen LogP contribution in [-0.2, 0) is 0 Å². The van der Waals surface area contributed by atoms with Gasteiger partial charge in [-0.1, -0.05) is 44.8 Å². The molecule has 110 valence electrons. The van der Waals surface area contributed by atoms with Crippen LogP contribution in [0.5, 0.6) is 0 Å². The van der Waals surface area contributed by atoms with Crippen LogP contribution >= 0.6 is 0 Å². The zero-order valence-electron chi connectivity index (χ0n) is 13.2. The van der Waals surface area contributed by atoms with Gasteiger partial charge < -0.3 is 0 Å². The first-order chi connectivity index (χ1) is 9.12. The summed E-state index contributed by atoms with van der Waals surface area (Å²) in [6.45, 7) is 10.3. The van der Waals surface area contributed by atoms with Crippen LogP contribution in [0.2, 0.25) is 19.1 Å². The molecule has 0 atom stereocenters. The van der Waals surface area contributed by atoms with Crippen molar-refractivity contribution >= 4 is 8.07 Å². The van der Waals surface area contributed by atoms with E-state index in [4.69, 9.17) is 0 Å². The molecule has 1 nitrogen and oxygen atoms in total. The van der Waals surface area contributed by atoms with Crippen molar-refractivity contribution in [2.24, 2.45) is 0 Å². The third-order valence-electron chi connectivity index (χ3n) is 5.38. The van der Waals surface area contributed by atoms with Gasteiger partial charge in [-0.15, -0.1) is 12.3 Å². The highest BCUT2D eigenvalue weighted by molar-refractivity contribution is 6.82. The molecular weight excluding hydrogens is 246 g/mol. The molecule has 2 fully saturated rings. The number of hydrogen-bond acceptors (Lipinski definition) is 1. The van der Waals surface area contributed by atoms with Crippen molar-refractivity contribution in [3.05, 3.63) is 12.3 Å². The van der Waals surface area contributed by atoms with E-state index in [9.17, 15) is 0 Å². The van der Waals surface area contributed by atoms with E-state index in [-0.39, 0.29) is 0 Å². The Bertz CT molecular complexity index is 259. The SMILES string of the molecule is C=C[Si](C)(C)CCCN(C1CCCC1)C1CCCC1. The second-order valence-corrected chi connectivity index (χ2v) is 12.3. The Balaban J connectivity index is 1.84. The molecule has 0 unspecified atom stereocenters. The first-order valence-electron chi connectivity index (χ1n) is 8.52. The van der Waals surface area contributed by atoms with E-state index in [0.29, 0.717) is 0 Å². The fourth-order valence-corrected chi connectivity index (χ4v) is 5.23. The molecule has 0 aromatic carbocycles. The first-order valence-corrected chi connectivity index (χ1v) is 11.8. The second-order valence-electron chi connectivity index (χ2n) is 7.41. The van der Waals surface area contributed by atoms with Crippen molar-refractivity contribution in [2.75, 3.05) is 6.54 Å². The molecule has 0 aromatic rings. The molecule has 0 spiro atoms. The van der Waals surface area contributed by atoms with Crippen LogP contribution in [0.4, 0.5) is 0 Å². The maximum atomic E-state index is 4.03. The standard InChI is InChI=1S/C17H33NSi/c1-4-19(2,3)15-9-14-18(16-10-5-6-11-16)17-12-7-8-13-17/h4,16-17H,1,5-15H2,2-3H3. The molecule has 0 amide bonds. The maximum absolute atomic E-state index is 4.03. The normalized spacial score (nSPS) is 22.5. The maximum Gasteiger partial charge on any atom is 0.0710 e. The van der Waals surface area contributed by atoms with Gasteiger partial charge in [-0.25, -0.2) is 0 Å². The zero-order chi connectivity index (χ0) is 13.7. The molecule has 2 aliphatic rings. The molecule has 0 radical (unpaired) electrons. The van der Waals surface area contributed by atoms with Crippen LogP contribution in [0.1, 0.15) is 57.8 Å². The summed E-state index contributed by atoms with van der Waals surface area (Å²) < 4.78 is 0. The number of rotatable bonds is 7. The van der Waals surface area contributed by atoms with Crippen LogP contribution < -0.4 is 0 Å². The van der Waals surface area contributed by atoms with Crippen molar-refractivity contribution < 1.29 is 0 Å². The first kappa shape index (κ1) is 15.3. The lowest BCUT2D eigenvalue weighted by molar-refractivity contribution is 0.137. The molecule has 2 aliphatic carbocycles. The summed E-state index contributed by atoms with van der Waals surface area (Å²) in [5.74, 6) is 0. The molecule has 0 aromatic heterocycles. The Morgan fingerprint density at radius 3 is 1.89 bits per heavy atom. The summed E-state index contributed by atoms with van der Waals surface area (Å²) in [6, 6.07) is 3.28. The molecule has 19 heavy (non-hydrogen) atoms. The fraction of sp³-hybridized carbons (Fsp3) is 0.882. The molecule has 0 N–H and O–H groups in total. The highest BCUT2D eigenvalue weighted by Crippen LogP contribution is 2.32. The lowest BCUT2D eigenvalue weighted by Gasteiger charge is -2.35. The van der Waals surface area contributed by atoms with Crippen LogP contribution in [0, 0.1) is 0 Å². The van der Waals surface area contributed by atoms with Crippen molar-refractivity contribution in [3.8, 4) is 0 Å². The van der Waals surface area contributed by atoms with E-state index >= 15 is 0 Å². The molecular formula is C17H33NSi. The van der Waals surface area contributed by atoms with Gasteiger partial charge in [0.1, 0.15) is 0 Å². The Morgan fingerprint density at radius 1 is 1.00 bits per heavy atom. The van der Waals surface area contributed by atoms with Gasteiger partial charge in [-0.05, 0) is 38.6 Å². The van der Waals surface area contributed by atoms with Gasteiger partial charge in [0.15, 0.2) is 0 Å². The van der Waals surface area contributed by atoms with E-state index in [1.807, 2.05) is 0 Å². The molecule has 0 saturated heterocycles. The topological polar surface area (TPSA) is 3.24 Å². The summed E-state index contributed by atoms with van der Waals surface area (Å²) >= 11 is 0. The van der Waals surface area contributed by atoms with E-state index in [2.05, 4.69) is 30.3 Å². The molecule has 2 saturated carbocycles. The van der Waals surface area contributed by atoms with E-state index in [1.54, 1.807) is 0 Å². The van der Waals surface area contributed by atoms with Gasteiger partial charge >= 0.3 is 0 Å². The second kappa shape index (κ2) is 7.08. The van der Waals surface area contributed by atoms with E-state index in [0.717, 1.165) is 12.1 Å². The highest BCUT2D eigenvalue weighted by atomic mass is 28.3. The Kier molecular flexibility index (Phi) is 5.70. The summed E-state index contributed by atoms with van der Waals surface area (Å²) in [6.07, 6.45) is 13.2. The molecule has 2 rings (SSSR count). The average Bonchev–Trinajstić information content (AvgIpc) is 3.07. The summed E-state index contributed by atoms with van der Waals surface area (Å²) in [4.78, 5) is 2.92. The lowest BCUT2D eigenvalue weighted by atomic mass is 10.1. The molecule has 2 heteroatoms.